The number of benzene rings is 4. The van der Waals surface area contributed by atoms with Crippen LogP contribution < -0.4 is 15.5 Å². The SMILES string of the molecule is CN1CCN(CCN2c3ccc(-c4ccc5c(c4)CC(=O)N5)cc3Sc3cc(-c4ccc5c(c4)CC(=O)N5)ccc32)CC1. The second kappa shape index (κ2) is 10.6. The van der Waals surface area contributed by atoms with Crippen LogP contribution in [0.15, 0.2) is 82.6 Å². The van der Waals surface area contributed by atoms with E-state index >= 15 is 0 Å². The summed E-state index contributed by atoms with van der Waals surface area (Å²) in [5, 5.41) is 5.89. The van der Waals surface area contributed by atoms with Crippen molar-refractivity contribution in [2.45, 2.75) is 22.6 Å². The molecule has 43 heavy (non-hydrogen) atoms. The Bertz CT molecular complexity index is 1680. The number of hydrogen-bond donors (Lipinski definition) is 2. The summed E-state index contributed by atoms with van der Waals surface area (Å²) in [4.78, 5) is 33.8. The molecule has 4 aromatic carbocycles. The second-order valence-corrected chi connectivity index (χ2v) is 13.0. The van der Waals surface area contributed by atoms with Gasteiger partial charge in [-0.05, 0) is 89.0 Å². The van der Waals surface area contributed by atoms with E-state index < -0.39 is 0 Å². The zero-order chi connectivity index (χ0) is 29.1. The third-order valence-electron chi connectivity index (χ3n) is 9.08. The summed E-state index contributed by atoms with van der Waals surface area (Å²) in [5.74, 6) is 0.116. The highest BCUT2D eigenvalue weighted by Crippen LogP contribution is 2.50. The molecule has 4 aliphatic rings. The van der Waals surface area contributed by atoms with Gasteiger partial charge in [-0.2, -0.15) is 0 Å². The van der Waals surface area contributed by atoms with E-state index in [9.17, 15) is 9.59 Å². The van der Waals surface area contributed by atoms with Gasteiger partial charge in [0.25, 0.3) is 0 Å². The van der Waals surface area contributed by atoms with E-state index in [0.29, 0.717) is 12.8 Å². The fourth-order valence-electron chi connectivity index (χ4n) is 6.62. The van der Waals surface area contributed by atoms with Gasteiger partial charge < -0.3 is 20.4 Å². The summed E-state index contributed by atoms with van der Waals surface area (Å²) in [6, 6.07) is 26.1. The molecule has 1 saturated heterocycles. The molecule has 7 nitrogen and oxygen atoms in total. The van der Waals surface area contributed by atoms with Gasteiger partial charge >= 0.3 is 0 Å². The molecule has 4 aliphatic heterocycles. The topological polar surface area (TPSA) is 67.9 Å². The molecule has 0 bridgehead atoms. The Hall–Kier alpha value is -4.11. The van der Waals surface area contributed by atoms with Crippen molar-refractivity contribution in [3.63, 3.8) is 0 Å². The number of nitrogens with one attached hydrogen (secondary N) is 2. The molecule has 0 atom stereocenters. The average molecular weight is 588 g/mol. The van der Waals surface area contributed by atoms with E-state index in [2.05, 4.69) is 93.0 Å². The summed E-state index contributed by atoms with van der Waals surface area (Å²) in [5.41, 5.74) is 11.0. The van der Waals surface area contributed by atoms with Gasteiger partial charge in [-0.15, -0.1) is 0 Å². The first-order chi connectivity index (χ1) is 21.0. The van der Waals surface area contributed by atoms with Gasteiger partial charge in [0, 0.05) is 60.4 Å². The zero-order valence-corrected chi connectivity index (χ0v) is 25.0. The molecule has 0 unspecified atom stereocenters. The highest BCUT2D eigenvalue weighted by Gasteiger charge is 2.27. The van der Waals surface area contributed by atoms with Crippen LogP contribution in [0.25, 0.3) is 22.3 Å². The minimum Gasteiger partial charge on any atom is -0.338 e. The molecule has 216 valence electrons. The highest BCUT2D eigenvalue weighted by molar-refractivity contribution is 7.99. The predicted molar refractivity (Wildman–Crippen MR) is 173 cm³/mol. The molecule has 0 aliphatic carbocycles. The molecule has 1 fully saturated rings. The van der Waals surface area contributed by atoms with Crippen molar-refractivity contribution in [2.75, 3.05) is 61.8 Å². The Morgan fingerprint density at radius 2 is 1.12 bits per heavy atom. The minimum absolute atomic E-state index is 0.0581. The van der Waals surface area contributed by atoms with Crippen LogP contribution in [-0.2, 0) is 22.4 Å². The van der Waals surface area contributed by atoms with Crippen LogP contribution in [0.5, 0.6) is 0 Å². The molecule has 2 amide bonds. The molecule has 0 aromatic heterocycles. The van der Waals surface area contributed by atoms with Crippen LogP contribution in [0.1, 0.15) is 11.1 Å². The highest BCUT2D eigenvalue weighted by atomic mass is 32.2. The molecule has 0 saturated carbocycles. The molecular weight excluding hydrogens is 554 g/mol. The first kappa shape index (κ1) is 26.5. The van der Waals surface area contributed by atoms with Crippen LogP contribution in [0.3, 0.4) is 0 Å². The van der Waals surface area contributed by atoms with Crippen molar-refractivity contribution < 1.29 is 9.59 Å². The Labute approximate surface area is 255 Å². The zero-order valence-electron chi connectivity index (χ0n) is 24.2. The number of fused-ring (bicyclic) bond motifs is 4. The third-order valence-corrected chi connectivity index (χ3v) is 10.2. The van der Waals surface area contributed by atoms with E-state index in [1.807, 2.05) is 23.9 Å². The Morgan fingerprint density at radius 3 is 1.65 bits per heavy atom. The van der Waals surface area contributed by atoms with Gasteiger partial charge in [-0.1, -0.05) is 36.0 Å². The lowest BCUT2D eigenvalue weighted by molar-refractivity contribution is -0.115. The molecule has 4 aromatic rings. The number of likely N-dealkylation sites (N-methyl/N-ethyl adjacent to an activating group) is 1. The molecule has 2 N–H and O–H groups in total. The van der Waals surface area contributed by atoms with E-state index in [4.69, 9.17) is 0 Å². The van der Waals surface area contributed by atoms with E-state index in [1.54, 1.807) is 0 Å². The lowest BCUT2D eigenvalue weighted by Crippen LogP contribution is -2.46. The van der Waals surface area contributed by atoms with Crippen LogP contribution in [0.2, 0.25) is 0 Å². The summed E-state index contributed by atoms with van der Waals surface area (Å²) in [7, 11) is 2.20. The average Bonchev–Trinajstić information content (AvgIpc) is 3.58. The maximum Gasteiger partial charge on any atom is 0.228 e. The molecular formula is C35H33N5O2S. The van der Waals surface area contributed by atoms with Crippen LogP contribution >= 0.6 is 11.8 Å². The van der Waals surface area contributed by atoms with Crippen molar-refractivity contribution in [3.05, 3.63) is 83.9 Å². The number of rotatable bonds is 5. The molecule has 8 rings (SSSR count). The summed E-state index contributed by atoms with van der Waals surface area (Å²) >= 11 is 1.82. The Morgan fingerprint density at radius 1 is 0.628 bits per heavy atom. The van der Waals surface area contributed by atoms with Crippen molar-refractivity contribution in [1.82, 2.24) is 9.80 Å². The molecule has 0 radical (unpaired) electrons. The van der Waals surface area contributed by atoms with Gasteiger partial charge in [0.2, 0.25) is 11.8 Å². The third kappa shape index (κ3) is 4.99. The minimum atomic E-state index is 0.0581. The maximum absolute atomic E-state index is 11.9. The smallest absolute Gasteiger partial charge is 0.228 e. The fraction of sp³-hybridized carbons (Fsp3) is 0.257. The number of carbonyl (C=O) groups excluding carboxylic acids is 2. The monoisotopic (exact) mass is 587 g/mol. The number of anilines is 4. The maximum atomic E-state index is 11.9. The van der Waals surface area contributed by atoms with Gasteiger partial charge in [-0.25, -0.2) is 0 Å². The second-order valence-electron chi connectivity index (χ2n) is 12.0. The molecule has 8 heteroatoms. The van der Waals surface area contributed by atoms with E-state index in [1.165, 1.54) is 21.2 Å². The number of piperazine rings is 1. The van der Waals surface area contributed by atoms with Gasteiger partial charge in [0.1, 0.15) is 0 Å². The standard InChI is InChI=1S/C35H33N5O2S/c1-38-10-12-39(13-11-38)14-15-40-30-8-4-24(22-2-6-28-26(16-22)20-34(41)36-28)18-32(30)43-33-19-25(5-9-31(33)40)23-3-7-29-27(17-23)21-35(42)37-29/h2-9,16-19H,10-15,20-21H2,1H3,(H,36,41)(H,37,42). The summed E-state index contributed by atoms with van der Waals surface area (Å²) in [6.07, 6.45) is 0.873. The largest absolute Gasteiger partial charge is 0.338 e. The van der Waals surface area contributed by atoms with Crippen molar-refractivity contribution in [3.8, 4) is 22.3 Å². The molecule has 0 spiro atoms. The predicted octanol–water partition coefficient (Wildman–Crippen LogP) is 5.86. The van der Waals surface area contributed by atoms with E-state index in [0.717, 1.165) is 84.0 Å². The van der Waals surface area contributed by atoms with Crippen LogP contribution in [-0.4, -0.2) is 67.9 Å². The van der Waals surface area contributed by atoms with E-state index in [-0.39, 0.29) is 11.8 Å². The number of carbonyl (C=O) groups is 2. The number of amides is 2. The Balaban J connectivity index is 1.14. The molecule has 4 heterocycles. The van der Waals surface area contributed by atoms with Gasteiger partial charge in [0.15, 0.2) is 0 Å². The lowest BCUT2D eigenvalue weighted by Gasteiger charge is -2.37. The van der Waals surface area contributed by atoms with Crippen molar-refractivity contribution >= 4 is 46.3 Å². The number of hydrogen-bond acceptors (Lipinski definition) is 6. The Kier molecular flexibility index (Phi) is 6.51. The quantitative estimate of drug-likeness (QED) is 0.305. The first-order valence-electron chi connectivity index (χ1n) is 15.0. The van der Waals surface area contributed by atoms with Crippen molar-refractivity contribution in [2.24, 2.45) is 0 Å². The summed E-state index contributed by atoms with van der Waals surface area (Å²) in [6.45, 7) is 6.35. The van der Waals surface area contributed by atoms with Crippen LogP contribution in [0.4, 0.5) is 22.7 Å². The van der Waals surface area contributed by atoms with Gasteiger partial charge in [-0.3, -0.25) is 14.5 Å². The van der Waals surface area contributed by atoms with Gasteiger partial charge in [0.05, 0.1) is 24.2 Å². The first-order valence-corrected chi connectivity index (χ1v) is 15.8. The lowest BCUT2D eigenvalue weighted by atomic mass is 10.00. The number of nitrogens with zero attached hydrogens (tertiary/aromatic N) is 3. The fourth-order valence-corrected chi connectivity index (χ4v) is 7.79. The van der Waals surface area contributed by atoms with Crippen molar-refractivity contribution in [1.29, 1.82) is 0 Å². The van der Waals surface area contributed by atoms with Crippen LogP contribution in [0, 0.1) is 0 Å². The normalized spacial score (nSPS) is 17.7. The summed E-state index contributed by atoms with van der Waals surface area (Å²) < 4.78 is 0.